The normalized spacial score (nSPS) is 14.5. The number of carbonyl (C=O) groups is 2. The van der Waals surface area contributed by atoms with Crippen molar-refractivity contribution in [3.63, 3.8) is 0 Å². The molecule has 0 bridgehead atoms. The molecule has 0 aromatic heterocycles. The van der Waals surface area contributed by atoms with Crippen LogP contribution in [0.5, 0.6) is 11.5 Å². The number of fused-ring (bicyclic) bond motifs is 1. The summed E-state index contributed by atoms with van der Waals surface area (Å²) < 4.78 is 16.1. The number of esters is 1. The zero-order valence-electron chi connectivity index (χ0n) is 13.9. The van der Waals surface area contributed by atoms with E-state index in [1.165, 1.54) is 12.1 Å². The first kappa shape index (κ1) is 18.4. The van der Waals surface area contributed by atoms with Crippen LogP contribution >= 0.6 is 11.6 Å². The quantitative estimate of drug-likeness (QED) is 0.794. The van der Waals surface area contributed by atoms with Crippen molar-refractivity contribution in [2.75, 3.05) is 19.8 Å². The standard InChI is InChI=1S/C17H22ClNO5/c1-3-5-11(2)19-15(20)10-24-17(21)12-8-13(18)16-14(9-12)22-6-4-7-23-16/h8-9,11H,3-7,10H2,1-2H3,(H,19,20). The van der Waals surface area contributed by atoms with Crippen molar-refractivity contribution in [3.8, 4) is 11.5 Å². The van der Waals surface area contributed by atoms with E-state index in [2.05, 4.69) is 5.32 Å². The lowest BCUT2D eigenvalue weighted by atomic mass is 10.2. The molecule has 1 atom stereocenters. The molecular weight excluding hydrogens is 334 g/mol. The Bertz CT molecular complexity index is 605. The van der Waals surface area contributed by atoms with Gasteiger partial charge in [-0.25, -0.2) is 4.79 Å². The van der Waals surface area contributed by atoms with E-state index in [-0.39, 0.29) is 29.1 Å². The topological polar surface area (TPSA) is 73.9 Å². The summed E-state index contributed by atoms with van der Waals surface area (Å²) in [7, 11) is 0. The van der Waals surface area contributed by atoms with Gasteiger partial charge in [0.2, 0.25) is 0 Å². The van der Waals surface area contributed by atoms with Gasteiger partial charge in [-0.15, -0.1) is 0 Å². The van der Waals surface area contributed by atoms with Gasteiger partial charge < -0.3 is 19.5 Å². The van der Waals surface area contributed by atoms with Gasteiger partial charge in [0.1, 0.15) is 0 Å². The number of ether oxygens (including phenoxy) is 3. The van der Waals surface area contributed by atoms with Gasteiger partial charge in [-0.05, 0) is 25.5 Å². The first-order chi connectivity index (χ1) is 11.5. The number of hydrogen-bond donors (Lipinski definition) is 1. The molecule has 1 amide bonds. The Hall–Kier alpha value is -1.95. The second-order valence-electron chi connectivity index (χ2n) is 5.67. The van der Waals surface area contributed by atoms with Crippen molar-refractivity contribution >= 4 is 23.5 Å². The van der Waals surface area contributed by atoms with Gasteiger partial charge in [0.05, 0.1) is 23.8 Å². The lowest BCUT2D eigenvalue weighted by Crippen LogP contribution is -2.35. The van der Waals surface area contributed by atoms with E-state index in [1.54, 1.807) is 0 Å². The summed E-state index contributed by atoms with van der Waals surface area (Å²) in [5.41, 5.74) is 0.221. The number of halogens is 1. The van der Waals surface area contributed by atoms with Crippen LogP contribution in [-0.2, 0) is 9.53 Å². The minimum absolute atomic E-state index is 0.0497. The maximum Gasteiger partial charge on any atom is 0.338 e. The molecule has 24 heavy (non-hydrogen) atoms. The Labute approximate surface area is 146 Å². The van der Waals surface area contributed by atoms with Crippen molar-refractivity contribution in [3.05, 3.63) is 22.7 Å². The zero-order valence-corrected chi connectivity index (χ0v) is 14.6. The largest absolute Gasteiger partial charge is 0.489 e. The fourth-order valence-corrected chi connectivity index (χ4v) is 2.65. The van der Waals surface area contributed by atoms with Crippen LogP contribution in [0.3, 0.4) is 0 Å². The molecule has 1 N–H and O–H groups in total. The number of hydrogen-bond acceptors (Lipinski definition) is 5. The highest BCUT2D eigenvalue weighted by Crippen LogP contribution is 2.38. The highest BCUT2D eigenvalue weighted by Gasteiger charge is 2.20. The summed E-state index contributed by atoms with van der Waals surface area (Å²) in [5, 5.41) is 3.05. The van der Waals surface area contributed by atoms with Crippen LogP contribution < -0.4 is 14.8 Å². The van der Waals surface area contributed by atoms with Gasteiger partial charge in [0, 0.05) is 12.5 Å². The zero-order chi connectivity index (χ0) is 17.5. The molecule has 1 aromatic rings. The molecule has 7 heteroatoms. The molecule has 132 valence electrons. The van der Waals surface area contributed by atoms with Crippen LogP contribution in [0.1, 0.15) is 43.5 Å². The molecule has 0 radical (unpaired) electrons. The van der Waals surface area contributed by atoms with E-state index in [0.29, 0.717) is 24.7 Å². The Kier molecular flexibility index (Phi) is 6.73. The average molecular weight is 356 g/mol. The second kappa shape index (κ2) is 8.78. The first-order valence-electron chi connectivity index (χ1n) is 8.07. The Morgan fingerprint density at radius 2 is 2.08 bits per heavy atom. The number of amides is 1. The third-order valence-corrected chi connectivity index (χ3v) is 3.78. The van der Waals surface area contributed by atoms with Crippen LogP contribution in [0.15, 0.2) is 12.1 Å². The van der Waals surface area contributed by atoms with Crippen LogP contribution in [0.25, 0.3) is 0 Å². The molecule has 1 unspecified atom stereocenters. The van der Waals surface area contributed by atoms with Crippen LogP contribution in [0, 0.1) is 0 Å². The predicted molar refractivity (Wildman–Crippen MR) is 89.9 cm³/mol. The van der Waals surface area contributed by atoms with Gasteiger partial charge in [-0.3, -0.25) is 4.79 Å². The molecule has 1 aliphatic heterocycles. The van der Waals surface area contributed by atoms with E-state index in [4.69, 9.17) is 25.8 Å². The molecule has 0 saturated heterocycles. The summed E-state index contributed by atoms with van der Waals surface area (Å²) in [6, 6.07) is 3.02. The summed E-state index contributed by atoms with van der Waals surface area (Å²) in [5.74, 6) is -0.125. The second-order valence-corrected chi connectivity index (χ2v) is 6.08. The molecule has 6 nitrogen and oxygen atoms in total. The van der Waals surface area contributed by atoms with Crippen molar-refractivity contribution in [2.45, 2.75) is 39.2 Å². The monoisotopic (exact) mass is 355 g/mol. The smallest absolute Gasteiger partial charge is 0.338 e. The Morgan fingerprint density at radius 1 is 1.33 bits per heavy atom. The van der Waals surface area contributed by atoms with Crippen molar-refractivity contribution in [2.24, 2.45) is 0 Å². The molecule has 0 fully saturated rings. The minimum atomic E-state index is -0.633. The fraction of sp³-hybridized carbons (Fsp3) is 0.529. The summed E-state index contributed by atoms with van der Waals surface area (Å²) in [6.45, 7) is 4.61. The highest BCUT2D eigenvalue weighted by atomic mass is 35.5. The molecular formula is C17H22ClNO5. The Morgan fingerprint density at radius 3 is 2.83 bits per heavy atom. The summed E-state index contributed by atoms with van der Waals surface area (Å²) >= 11 is 6.14. The number of benzene rings is 1. The van der Waals surface area contributed by atoms with E-state index in [1.807, 2.05) is 13.8 Å². The van der Waals surface area contributed by atoms with Gasteiger partial charge in [-0.2, -0.15) is 0 Å². The van der Waals surface area contributed by atoms with E-state index in [0.717, 1.165) is 19.3 Å². The maximum atomic E-state index is 12.1. The third-order valence-electron chi connectivity index (χ3n) is 3.50. The number of nitrogens with one attached hydrogen (secondary N) is 1. The summed E-state index contributed by atoms with van der Waals surface area (Å²) in [6.07, 6.45) is 2.58. The molecule has 2 rings (SSSR count). The summed E-state index contributed by atoms with van der Waals surface area (Å²) in [4.78, 5) is 23.9. The van der Waals surface area contributed by atoms with E-state index >= 15 is 0 Å². The lowest BCUT2D eigenvalue weighted by molar-refractivity contribution is -0.124. The predicted octanol–water partition coefficient (Wildman–Crippen LogP) is 2.96. The van der Waals surface area contributed by atoms with Crippen molar-refractivity contribution in [1.29, 1.82) is 0 Å². The first-order valence-corrected chi connectivity index (χ1v) is 8.44. The maximum absolute atomic E-state index is 12.1. The molecule has 0 spiro atoms. The van der Waals surface area contributed by atoms with Crippen LogP contribution in [-0.4, -0.2) is 37.7 Å². The van der Waals surface area contributed by atoms with Gasteiger partial charge in [0.15, 0.2) is 18.1 Å². The van der Waals surface area contributed by atoms with Crippen LogP contribution in [0.4, 0.5) is 0 Å². The van der Waals surface area contributed by atoms with E-state index < -0.39 is 5.97 Å². The molecule has 0 aliphatic carbocycles. The fourth-order valence-electron chi connectivity index (χ4n) is 2.38. The Balaban J connectivity index is 1.96. The lowest BCUT2D eigenvalue weighted by Gasteiger charge is -2.13. The SMILES string of the molecule is CCCC(C)NC(=O)COC(=O)c1cc(Cl)c2c(c1)OCCCO2. The minimum Gasteiger partial charge on any atom is -0.489 e. The van der Waals surface area contributed by atoms with Crippen LogP contribution in [0.2, 0.25) is 5.02 Å². The molecule has 1 aromatic carbocycles. The molecule has 1 aliphatic rings. The number of carbonyl (C=O) groups excluding carboxylic acids is 2. The highest BCUT2D eigenvalue weighted by molar-refractivity contribution is 6.32. The van der Waals surface area contributed by atoms with Gasteiger partial charge in [-0.1, -0.05) is 24.9 Å². The van der Waals surface area contributed by atoms with Gasteiger partial charge in [0.25, 0.3) is 5.91 Å². The molecule has 1 heterocycles. The third kappa shape index (κ3) is 5.03. The van der Waals surface area contributed by atoms with Gasteiger partial charge >= 0.3 is 5.97 Å². The van der Waals surface area contributed by atoms with Crippen molar-refractivity contribution in [1.82, 2.24) is 5.32 Å². The number of rotatable bonds is 6. The van der Waals surface area contributed by atoms with E-state index in [9.17, 15) is 9.59 Å². The van der Waals surface area contributed by atoms with Crippen molar-refractivity contribution < 1.29 is 23.8 Å². The average Bonchev–Trinajstić information content (AvgIpc) is 2.78. The molecule has 0 saturated carbocycles.